The second-order valence-electron chi connectivity index (χ2n) is 5.43. The second-order valence-corrected chi connectivity index (χ2v) is 5.43. The van der Waals surface area contributed by atoms with Crippen LogP contribution in [0.5, 0.6) is 0 Å². The molecule has 0 aliphatic heterocycles. The average molecular weight is 238 g/mol. The molecule has 3 N–H and O–H groups in total. The smallest absolute Gasteiger partial charge is 0.220 e. The normalized spacial score (nSPS) is 20.6. The second kappa shape index (κ2) is 6.80. The first-order valence-corrected chi connectivity index (χ1v) is 6.72. The highest BCUT2D eigenvalue weighted by Gasteiger charge is 2.33. The monoisotopic (exact) mass is 238 g/mol. The molecule has 17 heavy (non-hydrogen) atoms. The van der Waals surface area contributed by atoms with E-state index in [1.807, 2.05) is 13.0 Å². The van der Waals surface area contributed by atoms with E-state index in [0.29, 0.717) is 13.0 Å². The van der Waals surface area contributed by atoms with E-state index in [4.69, 9.17) is 5.73 Å². The molecule has 1 amide bonds. The lowest BCUT2D eigenvalue weighted by molar-refractivity contribution is -0.124. The van der Waals surface area contributed by atoms with Crippen LogP contribution in [0, 0.1) is 5.41 Å². The minimum absolute atomic E-state index is 0.0657. The average Bonchev–Trinajstić information content (AvgIpc) is 2.30. The molecule has 0 spiro atoms. The molecule has 0 radical (unpaired) electrons. The van der Waals surface area contributed by atoms with E-state index in [2.05, 4.69) is 11.9 Å². The fourth-order valence-electron chi connectivity index (χ4n) is 2.73. The maximum Gasteiger partial charge on any atom is 0.220 e. The largest absolute Gasteiger partial charge is 0.353 e. The van der Waals surface area contributed by atoms with Gasteiger partial charge in [0.05, 0.1) is 0 Å². The molecule has 98 valence electrons. The van der Waals surface area contributed by atoms with Gasteiger partial charge in [-0.1, -0.05) is 25.3 Å². The van der Waals surface area contributed by atoms with Crippen molar-refractivity contribution in [2.75, 3.05) is 6.54 Å². The first kappa shape index (κ1) is 14.2. The van der Waals surface area contributed by atoms with Crippen LogP contribution in [-0.2, 0) is 4.79 Å². The molecule has 3 heteroatoms. The minimum atomic E-state index is 0.0657. The van der Waals surface area contributed by atoms with Crippen LogP contribution >= 0.6 is 0 Å². The molecule has 0 bridgehead atoms. The summed E-state index contributed by atoms with van der Waals surface area (Å²) in [5, 5.41) is 3.02. The zero-order valence-electron chi connectivity index (χ0n) is 11.0. The SMILES string of the molecule is C=CCC(C)NC(=O)CC1(CN)CCCCC1. The predicted molar refractivity (Wildman–Crippen MR) is 71.6 cm³/mol. The third-order valence-electron chi connectivity index (χ3n) is 3.81. The summed E-state index contributed by atoms with van der Waals surface area (Å²) >= 11 is 0. The summed E-state index contributed by atoms with van der Waals surface area (Å²) in [6.07, 6.45) is 9.17. The van der Waals surface area contributed by atoms with E-state index in [0.717, 1.165) is 19.3 Å². The highest BCUT2D eigenvalue weighted by atomic mass is 16.1. The van der Waals surface area contributed by atoms with Crippen molar-refractivity contribution < 1.29 is 4.79 Å². The van der Waals surface area contributed by atoms with Gasteiger partial charge < -0.3 is 11.1 Å². The number of amides is 1. The Kier molecular flexibility index (Phi) is 5.69. The summed E-state index contributed by atoms with van der Waals surface area (Å²) in [7, 11) is 0. The van der Waals surface area contributed by atoms with Crippen molar-refractivity contribution in [2.24, 2.45) is 11.1 Å². The van der Waals surface area contributed by atoms with Crippen LogP contribution < -0.4 is 11.1 Å². The Hall–Kier alpha value is -0.830. The van der Waals surface area contributed by atoms with Gasteiger partial charge in [0.15, 0.2) is 0 Å². The zero-order valence-corrected chi connectivity index (χ0v) is 11.0. The van der Waals surface area contributed by atoms with Gasteiger partial charge in [-0.15, -0.1) is 6.58 Å². The molecule has 0 aromatic heterocycles. The van der Waals surface area contributed by atoms with Crippen molar-refractivity contribution in [3.63, 3.8) is 0 Å². The molecule has 1 aliphatic rings. The van der Waals surface area contributed by atoms with Crippen LogP contribution in [0.4, 0.5) is 0 Å². The zero-order chi connectivity index (χ0) is 12.7. The Morgan fingerprint density at radius 1 is 1.47 bits per heavy atom. The van der Waals surface area contributed by atoms with E-state index in [9.17, 15) is 4.79 Å². The fourth-order valence-corrected chi connectivity index (χ4v) is 2.73. The molecule has 1 rings (SSSR count). The van der Waals surface area contributed by atoms with Crippen LogP contribution in [0.25, 0.3) is 0 Å². The van der Waals surface area contributed by atoms with E-state index >= 15 is 0 Å². The van der Waals surface area contributed by atoms with Crippen LogP contribution in [0.2, 0.25) is 0 Å². The first-order chi connectivity index (χ1) is 8.12. The summed E-state index contributed by atoms with van der Waals surface area (Å²) in [4.78, 5) is 12.0. The maximum atomic E-state index is 12.0. The fraction of sp³-hybridized carbons (Fsp3) is 0.786. The molecular weight excluding hydrogens is 212 g/mol. The van der Waals surface area contributed by atoms with E-state index < -0.39 is 0 Å². The maximum absolute atomic E-state index is 12.0. The van der Waals surface area contributed by atoms with Crippen LogP contribution in [-0.4, -0.2) is 18.5 Å². The van der Waals surface area contributed by atoms with Gasteiger partial charge in [0.1, 0.15) is 0 Å². The van der Waals surface area contributed by atoms with Gasteiger partial charge in [-0.05, 0) is 38.1 Å². The summed E-state index contributed by atoms with van der Waals surface area (Å²) in [6.45, 7) is 6.33. The highest BCUT2D eigenvalue weighted by Crippen LogP contribution is 2.38. The minimum Gasteiger partial charge on any atom is -0.353 e. The first-order valence-electron chi connectivity index (χ1n) is 6.72. The van der Waals surface area contributed by atoms with Gasteiger partial charge in [-0.25, -0.2) is 0 Å². The Balaban J connectivity index is 2.44. The Morgan fingerprint density at radius 2 is 2.12 bits per heavy atom. The van der Waals surface area contributed by atoms with Crippen molar-refractivity contribution in [1.29, 1.82) is 0 Å². The topological polar surface area (TPSA) is 55.1 Å². The summed E-state index contributed by atoms with van der Waals surface area (Å²) in [5.74, 6) is 0.145. The van der Waals surface area contributed by atoms with Gasteiger partial charge in [0, 0.05) is 12.5 Å². The van der Waals surface area contributed by atoms with Gasteiger partial charge in [0.25, 0.3) is 0 Å². The van der Waals surface area contributed by atoms with E-state index in [1.165, 1.54) is 19.3 Å². The summed E-state index contributed by atoms with van der Waals surface area (Å²) in [5.41, 5.74) is 5.95. The number of carbonyl (C=O) groups excluding carboxylic acids is 1. The molecule has 1 saturated carbocycles. The number of carbonyl (C=O) groups is 1. The molecular formula is C14H26N2O. The lowest BCUT2D eigenvalue weighted by Gasteiger charge is -2.35. The van der Waals surface area contributed by atoms with Crippen molar-refractivity contribution in [1.82, 2.24) is 5.32 Å². The van der Waals surface area contributed by atoms with Crippen molar-refractivity contribution in [2.45, 2.75) is 57.9 Å². The van der Waals surface area contributed by atoms with Crippen LogP contribution in [0.1, 0.15) is 51.9 Å². The van der Waals surface area contributed by atoms with Gasteiger partial charge in [0.2, 0.25) is 5.91 Å². The van der Waals surface area contributed by atoms with Crippen molar-refractivity contribution in [3.8, 4) is 0 Å². The van der Waals surface area contributed by atoms with Gasteiger partial charge >= 0.3 is 0 Å². The highest BCUT2D eigenvalue weighted by molar-refractivity contribution is 5.77. The van der Waals surface area contributed by atoms with Crippen LogP contribution in [0.15, 0.2) is 12.7 Å². The van der Waals surface area contributed by atoms with Gasteiger partial charge in [-0.2, -0.15) is 0 Å². The molecule has 3 nitrogen and oxygen atoms in total. The van der Waals surface area contributed by atoms with E-state index in [-0.39, 0.29) is 17.4 Å². The third kappa shape index (κ3) is 4.50. The van der Waals surface area contributed by atoms with Crippen molar-refractivity contribution in [3.05, 3.63) is 12.7 Å². The lowest BCUT2D eigenvalue weighted by atomic mass is 9.71. The molecule has 1 fully saturated rings. The number of hydrogen-bond acceptors (Lipinski definition) is 2. The third-order valence-corrected chi connectivity index (χ3v) is 3.81. The van der Waals surface area contributed by atoms with Crippen LogP contribution in [0.3, 0.4) is 0 Å². The molecule has 1 unspecified atom stereocenters. The Morgan fingerprint density at radius 3 is 2.65 bits per heavy atom. The van der Waals surface area contributed by atoms with Gasteiger partial charge in [-0.3, -0.25) is 4.79 Å². The lowest BCUT2D eigenvalue weighted by Crippen LogP contribution is -2.41. The molecule has 1 atom stereocenters. The molecule has 0 saturated heterocycles. The number of nitrogens with one attached hydrogen (secondary N) is 1. The molecule has 0 heterocycles. The Bertz CT molecular complexity index is 257. The number of nitrogens with two attached hydrogens (primary N) is 1. The number of rotatable bonds is 6. The predicted octanol–water partition coefficient (Wildman–Crippen LogP) is 2.37. The molecule has 0 aromatic rings. The van der Waals surface area contributed by atoms with E-state index in [1.54, 1.807) is 0 Å². The molecule has 1 aliphatic carbocycles. The quantitative estimate of drug-likeness (QED) is 0.698. The van der Waals surface area contributed by atoms with Crippen molar-refractivity contribution >= 4 is 5.91 Å². The summed E-state index contributed by atoms with van der Waals surface area (Å²) in [6, 6.07) is 0.179. The number of hydrogen-bond donors (Lipinski definition) is 2. The summed E-state index contributed by atoms with van der Waals surface area (Å²) < 4.78 is 0. The molecule has 0 aromatic carbocycles. The standard InChI is InChI=1S/C14H26N2O/c1-3-7-12(2)16-13(17)10-14(11-15)8-5-4-6-9-14/h3,12H,1,4-11,15H2,2H3,(H,16,17). The Labute approximate surface area is 105 Å².